The van der Waals surface area contributed by atoms with Gasteiger partial charge in [0.15, 0.2) is 5.01 Å². The lowest BCUT2D eigenvalue weighted by Gasteiger charge is -2.20. The highest BCUT2D eigenvalue weighted by Gasteiger charge is 2.14. The van der Waals surface area contributed by atoms with Crippen LogP contribution in [0, 0.1) is 5.41 Å². The summed E-state index contributed by atoms with van der Waals surface area (Å²) >= 11 is 1.36. The standard InChI is InChI=1S/C12H21N3OS/c1-8(14-6-5-12(2,3)4)9-7-15-11(17-9)10(13)16/h7-8,14H,5-6H2,1-4H3,(H2,13,16). The van der Waals surface area contributed by atoms with Crippen LogP contribution in [0.15, 0.2) is 6.20 Å². The maximum atomic E-state index is 10.9. The molecule has 17 heavy (non-hydrogen) atoms. The predicted molar refractivity (Wildman–Crippen MR) is 71.1 cm³/mol. The third kappa shape index (κ3) is 4.83. The van der Waals surface area contributed by atoms with E-state index in [-0.39, 0.29) is 6.04 Å². The Morgan fingerprint density at radius 3 is 2.71 bits per heavy atom. The fourth-order valence-corrected chi connectivity index (χ4v) is 2.16. The van der Waals surface area contributed by atoms with Gasteiger partial charge in [-0.05, 0) is 25.3 Å². The van der Waals surface area contributed by atoms with Gasteiger partial charge in [0.2, 0.25) is 0 Å². The van der Waals surface area contributed by atoms with Gasteiger partial charge in [-0.1, -0.05) is 20.8 Å². The molecule has 96 valence electrons. The molecule has 1 aromatic heterocycles. The zero-order valence-corrected chi connectivity index (χ0v) is 11.7. The first-order valence-corrected chi connectivity index (χ1v) is 6.60. The highest BCUT2D eigenvalue weighted by molar-refractivity contribution is 7.13. The van der Waals surface area contributed by atoms with Crippen molar-refractivity contribution in [3.63, 3.8) is 0 Å². The van der Waals surface area contributed by atoms with E-state index in [0.717, 1.165) is 17.8 Å². The van der Waals surface area contributed by atoms with Crippen molar-refractivity contribution in [2.75, 3.05) is 6.54 Å². The largest absolute Gasteiger partial charge is 0.364 e. The first kappa shape index (κ1) is 14.1. The molecular formula is C12H21N3OS. The Balaban J connectivity index is 2.46. The Labute approximate surface area is 107 Å². The van der Waals surface area contributed by atoms with Crippen LogP contribution in [0.2, 0.25) is 0 Å². The minimum absolute atomic E-state index is 0.211. The number of aromatic nitrogens is 1. The van der Waals surface area contributed by atoms with Crippen LogP contribution >= 0.6 is 11.3 Å². The van der Waals surface area contributed by atoms with E-state index in [1.54, 1.807) is 6.20 Å². The lowest BCUT2D eigenvalue weighted by Crippen LogP contribution is -2.23. The molecule has 0 bridgehead atoms. The van der Waals surface area contributed by atoms with Crippen LogP contribution in [0.4, 0.5) is 0 Å². The molecule has 4 nitrogen and oxygen atoms in total. The fraction of sp³-hybridized carbons (Fsp3) is 0.667. The molecule has 1 amide bonds. The van der Waals surface area contributed by atoms with E-state index >= 15 is 0 Å². The van der Waals surface area contributed by atoms with E-state index < -0.39 is 5.91 Å². The molecule has 0 aliphatic heterocycles. The highest BCUT2D eigenvalue weighted by atomic mass is 32.1. The van der Waals surface area contributed by atoms with Gasteiger partial charge >= 0.3 is 0 Å². The van der Waals surface area contributed by atoms with Crippen LogP contribution in [0.25, 0.3) is 0 Å². The van der Waals surface area contributed by atoms with Crippen molar-refractivity contribution in [3.8, 4) is 0 Å². The Morgan fingerprint density at radius 1 is 1.59 bits per heavy atom. The van der Waals surface area contributed by atoms with Gasteiger partial charge in [-0.3, -0.25) is 4.79 Å². The molecular weight excluding hydrogens is 234 g/mol. The van der Waals surface area contributed by atoms with Crippen LogP contribution in [0.5, 0.6) is 0 Å². The van der Waals surface area contributed by atoms with Gasteiger partial charge in [-0.2, -0.15) is 0 Å². The summed E-state index contributed by atoms with van der Waals surface area (Å²) in [5.74, 6) is -0.455. The molecule has 1 unspecified atom stereocenters. The number of carbonyl (C=O) groups is 1. The van der Waals surface area contributed by atoms with Crippen LogP contribution in [-0.2, 0) is 0 Å². The summed E-state index contributed by atoms with van der Waals surface area (Å²) in [6.45, 7) is 9.68. The zero-order chi connectivity index (χ0) is 13.1. The van der Waals surface area contributed by atoms with Gasteiger partial charge in [0, 0.05) is 17.1 Å². The number of nitrogens with two attached hydrogens (primary N) is 1. The number of hydrogen-bond acceptors (Lipinski definition) is 4. The van der Waals surface area contributed by atoms with Gasteiger partial charge in [0.1, 0.15) is 0 Å². The number of primary amides is 1. The Hall–Kier alpha value is -0.940. The first-order valence-electron chi connectivity index (χ1n) is 5.78. The number of carbonyl (C=O) groups excluding carboxylic acids is 1. The maximum absolute atomic E-state index is 10.9. The molecule has 0 aliphatic carbocycles. The van der Waals surface area contributed by atoms with Crippen LogP contribution in [0.3, 0.4) is 0 Å². The van der Waals surface area contributed by atoms with E-state index in [4.69, 9.17) is 5.73 Å². The molecule has 1 aromatic rings. The summed E-state index contributed by atoms with van der Waals surface area (Å²) in [5, 5.41) is 3.81. The van der Waals surface area contributed by atoms with Crippen molar-refractivity contribution < 1.29 is 4.79 Å². The summed E-state index contributed by atoms with van der Waals surface area (Å²) in [6.07, 6.45) is 2.83. The Kier molecular flexibility index (Phi) is 4.65. The summed E-state index contributed by atoms with van der Waals surface area (Å²) in [6, 6.07) is 0.211. The summed E-state index contributed by atoms with van der Waals surface area (Å²) in [7, 11) is 0. The van der Waals surface area contributed by atoms with Gasteiger partial charge in [0.05, 0.1) is 0 Å². The minimum Gasteiger partial charge on any atom is -0.364 e. The number of thiazole rings is 1. The molecule has 3 N–H and O–H groups in total. The number of hydrogen-bond donors (Lipinski definition) is 2. The monoisotopic (exact) mass is 255 g/mol. The van der Waals surface area contributed by atoms with Crippen molar-refractivity contribution in [1.82, 2.24) is 10.3 Å². The normalized spacial score (nSPS) is 13.6. The second kappa shape index (κ2) is 5.60. The first-order chi connectivity index (χ1) is 7.79. The molecule has 0 spiro atoms. The molecule has 0 aromatic carbocycles. The average Bonchev–Trinajstić information content (AvgIpc) is 2.63. The SMILES string of the molecule is CC(NCCC(C)(C)C)c1cnc(C(N)=O)s1. The highest BCUT2D eigenvalue weighted by Crippen LogP contribution is 2.22. The summed E-state index contributed by atoms with van der Waals surface area (Å²) in [4.78, 5) is 16.0. The van der Waals surface area contributed by atoms with Gasteiger partial charge in [-0.15, -0.1) is 11.3 Å². The molecule has 1 atom stereocenters. The molecule has 0 saturated carbocycles. The number of nitrogens with zero attached hydrogens (tertiary/aromatic N) is 1. The quantitative estimate of drug-likeness (QED) is 0.848. The molecule has 0 radical (unpaired) electrons. The molecule has 0 aliphatic rings. The molecule has 1 heterocycles. The van der Waals surface area contributed by atoms with Crippen molar-refractivity contribution in [2.24, 2.45) is 11.1 Å². The van der Waals surface area contributed by atoms with Gasteiger partial charge in [-0.25, -0.2) is 4.98 Å². The predicted octanol–water partition coefficient (Wildman–Crippen LogP) is 2.33. The number of nitrogens with one attached hydrogen (secondary N) is 1. The van der Waals surface area contributed by atoms with Crippen LogP contribution in [0.1, 0.15) is 54.8 Å². The van der Waals surface area contributed by atoms with Gasteiger partial charge < -0.3 is 11.1 Å². The van der Waals surface area contributed by atoms with Crippen molar-refractivity contribution >= 4 is 17.2 Å². The molecule has 0 fully saturated rings. The zero-order valence-electron chi connectivity index (χ0n) is 10.9. The maximum Gasteiger partial charge on any atom is 0.277 e. The van der Waals surface area contributed by atoms with E-state index in [1.165, 1.54) is 11.3 Å². The van der Waals surface area contributed by atoms with Crippen LogP contribution in [-0.4, -0.2) is 17.4 Å². The average molecular weight is 255 g/mol. The Morgan fingerprint density at radius 2 is 2.24 bits per heavy atom. The Bertz CT molecular complexity index is 381. The van der Waals surface area contributed by atoms with Crippen molar-refractivity contribution in [2.45, 2.75) is 40.2 Å². The van der Waals surface area contributed by atoms with Gasteiger partial charge in [0.25, 0.3) is 5.91 Å². The molecule has 1 rings (SSSR count). The second-order valence-corrected chi connectivity index (χ2v) is 6.48. The van der Waals surface area contributed by atoms with Crippen molar-refractivity contribution in [3.05, 3.63) is 16.1 Å². The lowest BCUT2D eigenvalue weighted by atomic mass is 9.92. The lowest BCUT2D eigenvalue weighted by molar-refractivity contribution is 0.1000. The van der Waals surface area contributed by atoms with Crippen molar-refractivity contribution in [1.29, 1.82) is 0 Å². The third-order valence-electron chi connectivity index (χ3n) is 2.49. The number of amides is 1. The topological polar surface area (TPSA) is 68.0 Å². The number of rotatable bonds is 5. The van der Waals surface area contributed by atoms with Crippen LogP contribution < -0.4 is 11.1 Å². The molecule has 0 saturated heterocycles. The smallest absolute Gasteiger partial charge is 0.277 e. The van der Waals surface area contributed by atoms with E-state index in [1.807, 2.05) is 0 Å². The van der Waals surface area contributed by atoms with E-state index in [0.29, 0.717) is 10.4 Å². The fourth-order valence-electron chi connectivity index (χ4n) is 1.36. The second-order valence-electron chi connectivity index (χ2n) is 5.42. The molecule has 5 heteroatoms. The van der Waals surface area contributed by atoms with E-state index in [9.17, 15) is 4.79 Å². The van der Waals surface area contributed by atoms with E-state index in [2.05, 4.69) is 38.0 Å². The summed E-state index contributed by atoms with van der Waals surface area (Å²) in [5.41, 5.74) is 5.51. The third-order valence-corrected chi connectivity index (χ3v) is 3.68. The summed E-state index contributed by atoms with van der Waals surface area (Å²) < 4.78 is 0. The minimum atomic E-state index is -0.455.